The minimum Gasteiger partial charge on any atom is -0.491 e. The van der Waals surface area contributed by atoms with Crippen LogP contribution in [0.1, 0.15) is 16.1 Å². The average molecular weight is 504 g/mol. The number of amides is 1. The highest BCUT2D eigenvalue weighted by Gasteiger charge is 2.28. The van der Waals surface area contributed by atoms with E-state index < -0.39 is 12.8 Å². The number of alkyl halides is 3. The van der Waals surface area contributed by atoms with Gasteiger partial charge in [0.1, 0.15) is 29.9 Å². The van der Waals surface area contributed by atoms with Crippen molar-refractivity contribution >= 4 is 16.8 Å². The fraction of sp³-hybridized carbons (Fsp3) is 0.423. The van der Waals surface area contributed by atoms with E-state index >= 15 is 0 Å². The number of carbonyl (C=O) groups is 1. The van der Waals surface area contributed by atoms with E-state index in [9.17, 15) is 18.0 Å². The third-order valence-electron chi connectivity index (χ3n) is 6.47. The number of fused-ring (bicyclic) bond motifs is 1. The number of ether oxygens (including phenoxy) is 3. The molecule has 2 fully saturated rings. The van der Waals surface area contributed by atoms with Crippen LogP contribution >= 0.6 is 0 Å². The van der Waals surface area contributed by atoms with Gasteiger partial charge < -0.3 is 23.7 Å². The molecule has 2 aliphatic heterocycles. The highest BCUT2D eigenvalue weighted by molar-refractivity contribution is 5.99. The Morgan fingerprint density at radius 2 is 1.69 bits per heavy atom. The van der Waals surface area contributed by atoms with Gasteiger partial charge in [0.25, 0.3) is 5.91 Å². The molecule has 2 aliphatic rings. The van der Waals surface area contributed by atoms with E-state index in [2.05, 4.69) is 4.90 Å². The van der Waals surface area contributed by atoms with Gasteiger partial charge in [-0.05, 0) is 35.9 Å². The second-order valence-electron chi connectivity index (χ2n) is 9.19. The lowest BCUT2D eigenvalue weighted by atomic mass is 10.2. The molecule has 5 rings (SSSR count). The van der Waals surface area contributed by atoms with Crippen LogP contribution in [0.2, 0.25) is 0 Å². The highest BCUT2D eigenvalue weighted by Crippen LogP contribution is 2.26. The molecule has 0 aliphatic carbocycles. The summed E-state index contributed by atoms with van der Waals surface area (Å²) in [5.74, 6) is 0.942. The van der Waals surface area contributed by atoms with Crippen molar-refractivity contribution < 1.29 is 32.2 Å². The van der Waals surface area contributed by atoms with Gasteiger partial charge in [-0.2, -0.15) is 13.2 Å². The molecule has 0 bridgehead atoms. The molecule has 10 heteroatoms. The van der Waals surface area contributed by atoms with Gasteiger partial charge in [-0.15, -0.1) is 0 Å². The van der Waals surface area contributed by atoms with E-state index in [1.807, 2.05) is 40.8 Å². The summed E-state index contributed by atoms with van der Waals surface area (Å²) in [6.07, 6.45) is -4.17. The summed E-state index contributed by atoms with van der Waals surface area (Å²) < 4.78 is 54.5. The molecule has 2 aromatic carbocycles. The summed E-state index contributed by atoms with van der Waals surface area (Å²) in [4.78, 5) is 17.4. The van der Waals surface area contributed by atoms with Crippen LogP contribution < -0.4 is 9.47 Å². The standard InChI is InChI=1S/C26H28F3N3O4/c1-30-23-13-21(34-15-22-16-35-22)7-4-19(23)12-24(30)25(33)32-10-8-31(9-11-32)14-18-2-5-20(6-3-18)36-17-26(27,28)29/h2-7,12-13,22H,8-11,14-17H2,1H3. The number of nitrogens with zero attached hydrogens (tertiary/aromatic N) is 3. The van der Waals surface area contributed by atoms with Gasteiger partial charge in [-0.1, -0.05) is 12.1 Å². The predicted octanol–water partition coefficient (Wildman–Crippen LogP) is 3.86. The van der Waals surface area contributed by atoms with Crippen molar-refractivity contribution in [2.75, 3.05) is 46.0 Å². The van der Waals surface area contributed by atoms with Crippen LogP contribution in [0.5, 0.6) is 11.5 Å². The van der Waals surface area contributed by atoms with Crippen molar-refractivity contribution in [1.29, 1.82) is 0 Å². The van der Waals surface area contributed by atoms with Crippen LogP contribution in [0.3, 0.4) is 0 Å². The number of aromatic nitrogens is 1. The molecule has 0 saturated carbocycles. The molecule has 1 aromatic heterocycles. The Morgan fingerprint density at radius 1 is 1.00 bits per heavy atom. The highest BCUT2D eigenvalue weighted by atomic mass is 19.4. The predicted molar refractivity (Wildman–Crippen MR) is 127 cm³/mol. The van der Waals surface area contributed by atoms with Crippen molar-refractivity contribution in [2.24, 2.45) is 7.05 Å². The maximum atomic E-state index is 13.3. The number of epoxide rings is 1. The maximum Gasteiger partial charge on any atom is 0.422 e. The van der Waals surface area contributed by atoms with E-state index in [4.69, 9.17) is 14.2 Å². The third kappa shape index (κ3) is 5.93. The SMILES string of the molecule is Cn1c(C(=O)N2CCN(Cc3ccc(OCC(F)(F)F)cc3)CC2)cc2ccc(OCC3CO3)cc21. The van der Waals surface area contributed by atoms with E-state index in [0.717, 1.165) is 28.8 Å². The molecular weight excluding hydrogens is 475 g/mol. The number of hydrogen-bond acceptors (Lipinski definition) is 5. The second kappa shape index (κ2) is 10.0. The van der Waals surface area contributed by atoms with Gasteiger partial charge in [0.05, 0.1) is 12.1 Å². The largest absolute Gasteiger partial charge is 0.491 e. The lowest BCUT2D eigenvalue weighted by Crippen LogP contribution is -2.48. The molecule has 3 aromatic rings. The van der Waals surface area contributed by atoms with E-state index in [1.165, 1.54) is 0 Å². The zero-order chi connectivity index (χ0) is 25.3. The zero-order valence-electron chi connectivity index (χ0n) is 20.0. The fourth-order valence-electron chi connectivity index (χ4n) is 4.34. The van der Waals surface area contributed by atoms with Crippen molar-refractivity contribution in [3.8, 4) is 11.5 Å². The molecule has 0 radical (unpaired) electrons. The van der Waals surface area contributed by atoms with Gasteiger partial charge in [0, 0.05) is 51.2 Å². The number of halogens is 3. The topological polar surface area (TPSA) is 59.5 Å². The smallest absolute Gasteiger partial charge is 0.422 e. The first kappa shape index (κ1) is 24.5. The molecule has 1 unspecified atom stereocenters. The van der Waals surface area contributed by atoms with Crippen molar-refractivity contribution in [1.82, 2.24) is 14.4 Å². The van der Waals surface area contributed by atoms with Crippen molar-refractivity contribution in [2.45, 2.75) is 18.8 Å². The molecule has 1 atom stereocenters. The minimum atomic E-state index is -4.36. The Labute approximate surface area is 206 Å². The van der Waals surface area contributed by atoms with Crippen LogP contribution in [0.15, 0.2) is 48.5 Å². The first-order valence-corrected chi connectivity index (χ1v) is 11.9. The fourth-order valence-corrected chi connectivity index (χ4v) is 4.34. The Balaban J connectivity index is 1.15. The van der Waals surface area contributed by atoms with Gasteiger partial charge >= 0.3 is 6.18 Å². The lowest BCUT2D eigenvalue weighted by Gasteiger charge is -2.34. The molecule has 0 N–H and O–H groups in total. The number of rotatable bonds is 8. The van der Waals surface area contributed by atoms with Gasteiger partial charge in [0.15, 0.2) is 6.61 Å². The molecule has 2 saturated heterocycles. The number of benzene rings is 2. The first-order chi connectivity index (χ1) is 17.2. The summed E-state index contributed by atoms with van der Waals surface area (Å²) in [7, 11) is 1.89. The molecule has 7 nitrogen and oxygen atoms in total. The van der Waals surface area contributed by atoms with Crippen molar-refractivity contribution in [3.63, 3.8) is 0 Å². The summed E-state index contributed by atoms with van der Waals surface area (Å²) in [6, 6.07) is 14.4. The average Bonchev–Trinajstić information content (AvgIpc) is 3.64. The van der Waals surface area contributed by atoms with E-state index in [1.54, 1.807) is 24.3 Å². The van der Waals surface area contributed by atoms with Crippen LogP contribution in [0.25, 0.3) is 10.9 Å². The Bertz CT molecular complexity index is 1210. The molecule has 0 spiro atoms. The summed E-state index contributed by atoms with van der Waals surface area (Å²) in [5, 5.41) is 0.983. The van der Waals surface area contributed by atoms with Crippen LogP contribution in [0, 0.1) is 0 Å². The minimum absolute atomic E-state index is 0.00614. The number of carbonyl (C=O) groups excluding carboxylic acids is 1. The number of aryl methyl sites for hydroxylation is 1. The Morgan fingerprint density at radius 3 is 2.36 bits per heavy atom. The van der Waals surface area contributed by atoms with Crippen molar-refractivity contribution in [3.05, 3.63) is 59.8 Å². The van der Waals surface area contributed by atoms with Crippen LogP contribution in [-0.2, 0) is 18.3 Å². The molecule has 3 heterocycles. The maximum absolute atomic E-state index is 13.3. The van der Waals surface area contributed by atoms with Gasteiger partial charge in [-0.25, -0.2) is 0 Å². The third-order valence-corrected chi connectivity index (χ3v) is 6.47. The van der Waals surface area contributed by atoms with Gasteiger partial charge in [-0.3, -0.25) is 9.69 Å². The Kier molecular flexibility index (Phi) is 6.81. The van der Waals surface area contributed by atoms with E-state index in [0.29, 0.717) is 45.0 Å². The summed E-state index contributed by atoms with van der Waals surface area (Å²) in [6.45, 7) is 3.25. The summed E-state index contributed by atoms with van der Waals surface area (Å²) in [5.41, 5.74) is 2.55. The molecule has 192 valence electrons. The van der Waals surface area contributed by atoms with E-state index in [-0.39, 0.29) is 17.8 Å². The molecule has 1 amide bonds. The first-order valence-electron chi connectivity index (χ1n) is 11.9. The normalized spacial score (nSPS) is 18.4. The molecule has 36 heavy (non-hydrogen) atoms. The monoisotopic (exact) mass is 503 g/mol. The lowest BCUT2D eigenvalue weighted by molar-refractivity contribution is -0.153. The number of piperazine rings is 1. The summed E-state index contributed by atoms with van der Waals surface area (Å²) >= 11 is 0. The van der Waals surface area contributed by atoms with Crippen LogP contribution in [-0.4, -0.2) is 78.6 Å². The molecular formula is C26H28F3N3O4. The van der Waals surface area contributed by atoms with Crippen LogP contribution in [0.4, 0.5) is 13.2 Å². The quantitative estimate of drug-likeness (QED) is 0.437. The van der Waals surface area contributed by atoms with Gasteiger partial charge in [0.2, 0.25) is 0 Å². The number of hydrogen-bond donors (Lipinski definition) is 0. The second-order valence-corrected chi connectivity index (χ2v) is 9.19. The zero-order valence-corrected chi connectivity index (χ0v) is 20.0. The Hall–Kier alpha value is -3.24.